The lowest BCUT2D eigenvalue weighted by atomic mass is 10.1. The van der Waals surface area contributed by atoms with Gasteiger partial charge in [0.15, 0.2) is 0 Å². The molecule has 0 spiro atoms. The summed E-state index contributed by atoms with van der Waals surface area (Å²) >= 11 is 0. The second-order valence-corrected chi connectivity index (χ2v) is 7.28. The molecule has 1 aromatic rings. The van der Waals surface area contributed by atoms with E-state index in [-0.39, 0.29) is 10.9 Å². The third-order valence-electron chi connectivity index (χ3n) is 3.27. The Morgan fingerprint density at radius 2 is 2.05 bits per heavy atom. The predicted molar refractivity (Wildman–Crippen MR) is 84.7 cm³/mol. The van der Waals surface area contributed by atoms with Crippen LogP contribution in [-0.4, -0.2) is 36.8 Å². The van der Waals surface area contributed by atoms with E-state index in [0.717, 1.165) is 25.8 Å². The highest BCUT2D eigenvalue weighted by Gasteiger charge is 2.20. The van der Waals surface area contributed by atoms with Crippen molar-refractivity contribution in [2.45, 2.75) is 70.5 Å². The highest BCUT2D eigenvalue weighted by molar-refractivity contribution is 7.89. The molecule has 2 N–H and O–H groups in total. The Morgan fingerprint density at radius 3 is 2.62 bits per heavy atom. The van der Waals surface area contributed by atoms with E-state index in [1.807, 2.05) is 6.92 Å². The summed E-state index contributed by atoms with van der Waals surface area (Å²) in [5, 5.41) is 7.39. The van der Waals surface area contributed by atoms with E-state index >= 15 is 0 Å². The van der Waals surface area contributed by atoms with Crippen LogP contribution < -0.4 is 10.0 Å². The molecule has 122 valence electrons. The summed E-state index contributed by atoms with van der Waals surface area (Å²) < 4.78 is 29.0. The van der Waals surface area contributed by atoms with Crippen molar-refractivity contribution in [3.63, 3.8) is 0 Å². The lowest BCUT2D eigenvalue weighted by Gasteiger charge is -2.15. The van der Waals surface area contributed by atoms with E-state index in [2.05, 4.69) is 35.9 Å². The first-order valence-electron chi connectivity index (χ1n) is 7.67. The first-order valence-corrected chi connectivity index (χ1v) is 9.15. The smallest absolute Gasteiger partial charge is 0.243 e. The van der Waals surface area contributed by atoms with Crippen molar-refractivity contribution in [1.82, 2.24) is 19.8 Å². The molecule has 1 aromatic heterocycles. The van der Waals surface area contributed by atoms with E-state index in [9.17, 15) is 8.42 Å². The van der Waals surface area contributed by atoms with Crippen molar-refractivity contribution in [2.75, 3.05) is 6.54 Å². The van der Waals surface area contributed by atoms with E-state index in [1.54, 1.807) is 10.9 Å². The van der Waals surface area contributed by atoms with Gasteiger partial charge in [0.2, 0.25) is 10.0 Å². The van der Waals surface area contributed by atoms with Crippen molar-refractivity contribution >= 4 is 10.0 Å². The van der Waals surface area contributed by atoms with E-state index in [4.69, 9.17) is 0 Å². The quantitative estimate of drug-likeness (QED) is 0.689. The first-order chi connectivity index (χ1) is 9.89. The zero-order valence-electron chi connectivity index (χ0n) is 13.5. The molecule has 0 aliphatic rings. The predicted octanol–water partition coefficient (Wildman–Crippen LogP) is 1.74. The van der Waals surface area contributed by atoms with Crippen LogP contribution in [0.4, 0.5) is 0 Å². The Balaban J connectivity index is 2.65. The van der Waals surface area contributed by atoms with Gasteiger partial charge in [-0.2, -0.15) is 5.10 Å². The maximum atomic E-state index is 12.3. The van der Waals surface area contributed by atoms with Gasteiger partial charge in [0.05, 0.1) is 12.7 Å². The number of sulfonamides is 1. The summed E-state index contributed by atoms with van der Waals surface area (Å²) in [6.07, 6.45) is 5.60. The minimum atomic E-state index is -3.47. The Kier molecular flexibility index (Phi) is 7.34. The minimum absolute atomic E-state index is 0.00837. The molecule has 0 fully saturated rings. The van der Waals surface area contributed by atoms with Gasteiger partial charge in [-0.3, -0.25) is 4.68 Å². The summed E-state index contributed by atoms with van der Waals surface area (Å²) in [6.45, 7) is 9.60. The number of hydrogen-bond donors (Lipinski definition) is 2. The summed E-state index contributed by atoms with van der Waals surface area (Å²) in [6, 6.07) is 0.399. The Morgan fingerprint density at radius 1 is 1.33 bits per heavy atom. The normalized spacial score (nSPS) is 13.8. The maximum absolute atomic E-state index is 12.3. The standard InChI is InChI=1S/C14H28N4O2S/c1-5-7-13(6-2)17-21(19,20)14-10-16-18(11-14)9-8-15-12(3)4/h10-13,15,17H,5-9H2,1-4H3. The molecule has 21 heavy (non-hydrogen) atoms. The molecule has 0 aliphatic heterocycles. The Labute approximate surface area is 128 Å². The molecule has 1 heterocycles. The molecule has 0 aliphatic carbocycles. The van der Waals surface area contributed by atoms with Crippen LogP contribution in [0.2, 0.25) is 0 Å². The van der Waals surface area contributed by atoms with Crippen molar-refractivity contribution in [1.29, 1.82) is 0 Å². The van der Waals surface area contributed by atoms with Crippen molar-refractivity contribution in [3.05, 3.63) is 12.4 Å². The molecular formula is C14H28N4O2S. The number of nitrogens with zero attached hydrogens (tertiary/aromatic N) is 2. The van der Waals surface area contributed by atoms with Crippen LogP contribution in [0.15, 0.2) is 17.3 Å². The fourth-order valence-corrected chi connectivity index (χ4v) is 3.36. The van der Waals surface area contributed by atoms with Gasteiger partial charge in [-0.25, -0.2) is 13.1 Å². The molecule has 6 nitrogen and oxygen atoms in total. The Hall–Kier alpha value is -0.920. The number of rotatable bonds is 10. The number of aromatic nitrogens is 2. The second kappa shape index (κ2) is 8.51. The average molecular weight is 316 g/mol. The zero-order valence-corrected chi connectivity index (χ0v) is 14.3. The minimum Gasteiger partial charge on any atom is -0.313 e. The van der Waals surface area contributed by atoms with Crippen LogP contribution >= 0.6 is 0 Å². The monoisotopic (exact) mass is 316 g/mol. The molecule has 1 atom stereocenters. The number of nitrogens with one attached hydrogen (secondary N) is 2. The van der Waals surface area contributed by atoms with Gasteiger partial charge >= 0.3 is 0 Å². The van der Waals surface area contributed by atoms with E-state index in [0.29, 0.717) is 12.6 Å². The third-order valence-corrected chi connectivity index (χ3v) is 4.74. The molecule has 1 rings (SSSR count). The summed E-state index contributed by atoms with van der Waals surface area (Å²) in [7, 11) is -3.47. The molecule has 7 heteroatoms. The summed E-state index contributed by atoms with van der Waals surface area (Å²) in [5.41, 5.74) is 0. The van der Waals surface area contributed by atoms with Gasteiger partial charge in [0.1, 0.15) is 4.90 Å². The lowest BCUT2D eigenvalue weighted by Crippen LogP contribution is -2.34. The van der Waals surface area contributed by atoms with Gasteiger partial charge in [-0.1, -0.05) is 34.1 Å². The van der Waals surface area contributed by atoms with Crippen LogP contribution in [0.5, 0.6) is 0 Å². The summed E-state index contributed by atoms with van der Waals surface area (Å²) in [5.74, 6) is 0. The van der Waals surface area contributed by atoms with Crippen molar-refractivity contribution in [3.8, 4) is 0 Å². The van der Waals surface area contributed by atoms with Crippen LogP contribution in [0.25, 0.3) is 0 Å². The fraction of sp³-hybridized carbons (Fsp3) is 0.786. The van der Waals surface area contributed by atoms with Crippen LogP contribution in [0.1, 0.15) is 47.0 Å². The van der Waals surface area contributed by atoms with E-state index < -0.39 is 10.0 Å². The molecule has 0 saturated heterocycles. The topological polar surface area (TPSA) is 76.0 Å². The maximum Gasteiger partial charge on any atom is 0.243 e. The summed E-state index contributed by atoms with van der Waals surface area (Å²) in [4.78, 5) is 0.238. The molecule has 0 saturated carbocycles. The van der Waals surface area contributed by atoms with E-state index in [1.165, 1.54) is 6.20 Å². The third kappa shape index (κ3) is 6.15. The highest BCUT2D eigenvalue weighted by Crippen LogP contribution is 2.11. The van der Waals surface area contributed by atoms with Crippen LogP contribution in [0.3, 0.4) is 0 Å². The second-order valence-electron chi connectivity index (χ2n) is 5.56. The highest BCUT2D eigenvalue weighted by atomic mass is 32.2. The van der Waals surface area contributed by atoms with Crippen molar-refractivity contribution < 1.29 is 8.42 Å². The van der Waals surface area contributed by atoms with Gasteiger partial charge in [0, 0.05) is 24.8 Å². The fourth-order valence-electron chi connectivity index (χ4n) is 2.06. The largest absolute Gasteiger partial charge is 0.313 e. The molecule has 0 bridgehead atoms. The van der Waals surface area contributed by atoms with Crippen LogP contribution in [0, 0.1) is 0 Å². The first kappa shape index (κ1) is 18.1. The molecular weight excluding hydrogens is 288 g/mol. The number of hydrogen-bond acceptors (Lipinski definition) is 4. The molecule has 1 unspecified atom stereocenters. The van der Waals surface area contributed by atoms with Gasteiger partial charge in [-0.15, -0.1) is 0 Å². The van der Waals surface area contributed by atoms with Gasteiger partial charge in [0.25, 0.3) is 0 Å². The average Bonchev–Trinajstić information content (AvgIpc) is 2.87. The van der Waals surface area contributed by atoms with Crippen LogP contribution in [-0.2, 0) is 16.6 Å². The molecule has 0 aromatic carbocycles. The van der Waals surface area contributed by atoms with Gasteiger partial charge < -0.3 is 5.32 Å². The van der Waals surface area contributed by atoms with Crippen molar-refractivity contribution in [2.24, 2.45) is 0 Å². The molecule has 0 amide bonds. The zero-order chi connectivity index (χ0) is 15.9. The van der Waals surface area contributed by atoms with Gasteiger partial charge in [-0.05, 0) is 12.8 Å². The lowest BCUT2D eigenvalue weighted by molar-refractivity contribution is 0.509. The SMILES string of the molecule is CCCC(CC)NS(=O)(=O)c1cnn(CCNC(C)C)c1. The Bertz CT molecular complexity index is 511. The molecule has 0 radical (unpaired) electrons.